The highest BCUT2D eigenvalue weighted by atomic mass is 35.5. The second-order valence-corrected chi connectivity index (χ2v) is 6.07. The number of carbonyl (C=O) groups excluding carboxylic acids is 2. The van der Waals surface area contributed by atoms with E-state index in [0.717, 1.165) is 0 Å². The monoisotopic (exact) mass is 337 g/mol. The van der Waals surface area contributed by atoms with Crippen molar-refractivity contribution >= 4 is 46.7 Å². The van der Waals surface area contributed by atoms with Gasteiger partial charge in [-0.2, -0.15) is 0 Å². The number of hydrogen-bond donors (Lipinski definition) is 2. The summed E-state index contributed by atoms with van der Waals surface area (Å²) in [7, 11) is 1.57. The number of hydrogen-bond acceptors (Lipinski definition) is 2. The molecule has 1 aliphatic carbocycles. The van der Waals surface area contributed by atoms with E-state index >= 15 is 0 Å². The van der Waals surface area contributed by atoms with Crippen LogP contribution in [0.15, 0.2) is 21.7 Å². The molecule has 20 heavy (non-hydrogen) atoms. The lowest BCUT2D eigenvalue weighted by molar-refractivity contribution is -0.124. The third-order valence-corrected chi connectivity index (χ3v) is 4.31. The van der Waals surface area contributed by atoms with Crippen LogP contribution in [0.5, 0.6) is 0 Å². The molecule has 1 saturated heterocycles. The summed E-state index contributed by atoms with van der Waals surface area (Å²) in [4.78, 5) is 24.7. The molecule has 8 heteroatoms. The van der Waals surface area contributed by atoms with Crippen LogP contribution in [-0.2, 0) is 4.79 Å². The Hall–Kier alpha value is -0.910. The van der Waals surface area contributed by atoms with E-state index in [2.05, 4.69) is 10.6 Å². The fraction of sp³-hybridized carbons (Fsp3) is 0.500. The molecule has 3 amide bonds. The molecule has 0 bridgehead atoms. The third kappa shape index (κ3) is 3.22. The molecule has 2 aliphatic rings. The van der Waals surface area contributed by atoms with Gasteiger partial charge < -0.3 is 15.5 Å². The zero-order chi connectivity index (χ0) is 14.9. The van der Waals surface area contributed by atoms with Gasteiger partial charge in [0.2, 0.25) is 5.91 Å². The van der Waals surface area contributed by atoms with Crippen molar-refractivity contribution in [3.63, 3.8) is 0 Å². The Morgan fingerprint density at radius 2 is 2.25 bits per heavy atom. The molecule has 2 atom stereocenters. The summed E-state index contributed by atoms with van der Waals surface area (Å²) in [5, 5.41) is 6.11. The predicted molar refractivity (Wildman–Crippen MR) is 79.0 cm³/mol. The summed E-state index contributed by atoms with van der Waals surface area (Å²) in [6.45, 7) is 0.510. The van der Waals surface area contributed by atoms with Crippen LogP contribution in [0.1, 0.15) is 6.42 Å². The molecular formula is C12H14Cl3N3O2. The van der Waals surface area contributed by atoms with Gasteiger partial charge in [0.05, 0.1) is 5.38 Å². The van der Waals surface area contributed by atoms with E-state index in [1.54, 1.807) is 13.1 Å². The number of allylic oxidation sites excluding steroid dienone is 2. The molecule has 0 aromatic carbocycles. The van der Waals surface area contributed by atoms with E-state index in [-0.39, 0.29) is 23.9 Å². The first-order valence-electron chi connectivity index (χ1n) is 6.07. The van der Waals surface area contributed by atoms with Crippen molar-refractivity contribution in [3.05, 3.63) is 21.7 Å². The first-order chi connectivity index (χ1) is 9.40. The topological polar surface area (TPSA) is 61.4 Å². The number of rotatable bonds is 3. The van der Waals surface area contributed by atoms with Crippen molar-refractivity contribution in [2.75, 3.05) is 20.1 Å². The lowest BCUT2D eigenvalue weighted by atomic mass is 10.1. The van der Waals surface area contributed by atoms with Gasteiger partial charge in [-0.3, -0.25) is 4.79 Å². The highest BCUT2D eigenvalue weighted by molar-refractivity contribution is 6.37. The van der Waals surface area contributed by atoms with Gasteiger partial charge in [-0.15, -0.1) is 11.6 Å². The maximum Gasteiger partial charge on any atom is 0.317 e. The molecule has 1 aliphatic heterocycles. The van der Waals surface area contributed by atoms with Crippen LogP contribution in [0.25, 0.3) is 0 Å². The molecular weight excluding hydrogens is 325 g/mol. The van der Waals surface area contributed by atoms with Crippen LogP contribution in [0, 0.1) is 0 Å². The maximum atomic E-state index is 12.0. The molecule has 110 valence electrons. The summed E-state index contributed by atoms with van der Waals surface area (Å²) in [5.41, 5.74) is 0.665. The molecule has 0 saturated carbocycles. The summed E-state index contributed by atoms with van der Waals surface area (Å²) in [6.07, 6.45) is 2.19. The molecule has 1 fully saturated rings. The van der Waals surface area contributed by atoms with Crippen molar-refractivity contribution < 1.29 is 9.59 Å². The second kappa shape index (κ2) is 6.24. The minimum Gasteiger partial charge on any atom is -0.350 e. The molecule has 0 aromatic rings. The highest BCUT2D eigenvalue weighted by Gasteiger charge is 2.33. The molecule has 0 radical (unpaired) electrons. The van der Waals surface area contributed by atoms with Crippen molar-refractivity contribution in [1.29, 1.82) is 0 Å². The van der Waals surface area contributed by atoms with Crippen molar-refractivity contribution in [2.45, 2.75) is 17.8 Å². The van der Waals surface area contributed by atoms with Crippen LogP contribution in [0.2, 0.25) is 0 Å². The number of carbonyl (C=O) groups is 2. The van der Waals surface area contributed by atoms with E-state index in [1.807, 2.05) is 0 Å². The summed E-state index contributed by atoms with van der Waals surface area (Å²) in [6, 6.07) is -0.781. The van der Waals surface area contributed by atoms with Crippen molar-refractivity contribution in [1.82, 2.24) is 15.5 Å². The number of halogens is 3. The van der Waals surface area contributed by atoms with Gasteiger partial charge in [0.15, 0.2) is 0 Å². The van der Waals surface area contributed by atoms with Crippen molar-refractivity contribution in [2.24, 2.45) is 0 Å². The summed E-state index contributed by atoms with van der Waals surface area (Å²) >= 11 is 18.1. The predicted octanol–water partition coefficient (Wildman–Crippen LogP) is 1.75. The van der Waals surface area contributed by atoms with E-state index in [0.29, 0.717) is 28.6 Å². The lowest BCUT2D eigenvalue weighted by Gasteiger charge is -2.20. The Morgan fingerprint density at radius 1 is 1.55 bits per heavy atom. The number of nitrogens with zero attached hydrogens (tertiary/aromatic N) is 1. The zero-order valence-electron chi connectivity index (χ0n) is 10.8. The van der Waals surface area contributed by atoms with E-state index in [9.17, 15) is 9.59 Å². The normalized spacial score (nSPS) is 26.5. The Bertz CT molecular complexity index is 504. The molecule has 2 unspecified atom stereocenters. The van der Waals surface area contributed by atoms with Gasteiger partial charge in [-0.05, 0) is 6.08 Å². The first kappa shape index (κ1) is 15.5. The van der Waals surface area contributed by atoms with Gasteiger partial charge in [-0.1, -0.05) is 23.2 Å². The average Bonchev–Trinajstić information content (AvgIpc) is 2.68. The number of alkyl halides is 1. The van der Waals surface area contributed by atoms with E-state index in [1.165, 1.54) is 4.90 Å². The summed E-state index contributed by atoms with van der Waals surface area (Å²) in [5.74, 6) is -0.250. The molecule has 5 nitrogen and oxygen atoms in total. The van der Waals surface area contributed by atoms with Gasteiger partial charge >= 0.3 is 6.03 Å². The smallest absolute Gasteiger partial charge is 0.317 e. The highest BCUT2D eigenvalue weighted by Crippen LogP contribution is 2.32. The Balaban J connectivity index is 1.96. The Labute approximate surface area is 131 Å². The van der Waals surface area contributed by atoms with Crippen LogP contribution >= 0.6 is 34.8 Å². The maximum absolute atomic E-state index is 12.0. The van der Waals surface area contributed by atoms with Crippen LogP contribution in [0.4, 0.5) is 4.79 Å². The fourth-order valence-corrected chi connectivity index (χ4v) is 3.21. The van der Waals surface area contributed by atoms with Crippen LogP contribution in [0.3, 0.4) is 0 Å². The molecule has 1 heterocycles. The minimum atomic E-state index is -0.519. The second-order valence-electron chi connectivity index (χ2n) is 4.65. The van der Waals surface area contributed by atoms with Crippen LogP contribution < -0.4 is 10.6 Å². The standard InChI is InChI=1S/C12H14Cl3N3O2/c1-18-10(5-17-12(18)20)11(19)16-4-7-8(14)2-6(13)3-9(7)15/h2,6,10H,3-5H2,1H3,(H,16,19)(H,17,20). The van der Waals surface area contributed by atoms with Crippen LogP contribution in [-0.4, -0.2) is 48.4 Å². The van der Waals surface area contributed by atoms with Gasteiger partial charge in [0, 0.05) is 42.2 Å². The SMILES string of the molecule is CN1C(=O)NCC1C(=O)NCC1=C(Cl)CC(Cl)C=C1Cl. The quantitative estimate of drug-likeness (QED) is 0.770. The van der Waals surface area contributed by atoms with Gasteiger partial charge in [-0.25, -0.2) is 4.79 Å². The Morgan fingerprint density at radius 3 is 2.80 bits per heavy atom. The third-order valence-electron chi connectivity index (χ3n) is 3.29. The minimum absolute atomic E-state index is 0.217. The number of nitrogens with one attached hydrogen (secondary N) is 2. The zero-order valence-corrected chi connectivity index (χ0v) is 13.0. The number of likely N-dealkylation sites (N-methyl/N-ethyl adjacent to an activating group) is 1. The first-order valence-corrected chi connectivity index (χ1v) is 7.27. The number of urea groups is 1. The van der Waals surface area contributed by atoms with E-state index < -0.39 is 6.04 Å². The van der Waals surface area contributed by atoms with Gasteiger partial charge in [0.1, 0.15) is 6.04 Å². The molecule has 0 spiro atoms. The van der Waals surface area contributed by atoms with E-state index in [4.69, 9.17) is 34.8 Å². The van der Waals surface area contributed by atoms with Crippen molar-refractivity contribution in [3.8, 4) is 0 Å². The molecule has 2 rings (SSSR count). The Kier molecular flexibility index (Phi) is 4.83. The summed E-state index contributed by atoms with van der Waals surface area (Å²) < 4.78 is 0. The number of amides is 3. The van der Waals surface area contributed by atoms with Gasteiger partial charge in [0.25, 0.3) is 0 Å². The fourth-order valence-electron chi connectivity index (χ4n) is 2.07. The molecule has 2 N–H and O–H groups in total. The largest absolute Gasteiger partial charge is 0.350 e. The lowest BCUT2D eigenvalue weighted by Crippen LogP contribution is -2.44. The molecule has 0 aromatic heterocycles. The average molecular weight is 339 g/mol.